The highest BCUT2D eigenvalue weighted by atomic mass is 14.4. The van der Waals surface area contributed by atoms with Crippen molar-refractivity contribution in [2.24, 2.45) is 5.92 Å². The van der Waals surface area contributed by atoms with Gasteiger partial charge < -0.3 is 0 Å². The zero-order valence-electron chi connectivity index (χ0n) is 70.7. The van der Waals surface area contributed by atoms with E-state index in [4.69, 9.17) is 0 Å². The quantitative estimate of drug-likeness (QED) is 0.165. The van der Waals surface area contributed by atoms with Gasteiger partial charge in [-0.3, -0.25) is 0 Å². The molecule has 0 N–H and O–H groups in total. The fourth-order valence-corrected chi connectivity index (χ4v) is 20.2. The zero-order chi connectivity index (χ0) is 81.5. The van der Waals surface area contributed by atoms with Crippen LogP contribution in [0.25, 0.3) is 89.5 Å². The molecule has 586 valence electrons. The molecule has 1 fully saturated rings. The topological polar surface area (TPSA) is 0 Å². The summed E-state index contributed by atoms with van der Waals surface area (Å²) < 4.78 is 0. The lowest BCUT2D eigenvalue weighted by Gasteiger charge is -2.23. The van der Waals surface area contributed by atoms with Crippen LogP contribution in [-0.4, -0.2) is 0 Å². The Kier molecular flexibility index (Phi) is 23.7. The van der Waals surface area contributed by atoms with Crippen molar-refractivity contribution in [1.82, 2.24) is 0 Å². The fraction of sp³-hybridized carbons (Fsp3) is 0.193. The van der Waals surface area contributed by atoms with E-state index in [2.05, 4.69) is 451 Å². The Morgan fingerprint density at radius 3 is 1.34 bits per heavy atom. The maximum atomic E-state index is 2.51. The molecule has 0 nitrogen and oxygen atoms in total. The van der Waals surface area contributed by atoms with Crippen LogP contribution in [0.2, 0.25) is 0 Å². The van der Waals surface area contributed by atoms with Gasteiger partial charge in [0.15, 0.2) is 0 Å². The van der Waals surface area contributed by atoms with Crippen molar-refractivity contribution < 1.29 is 0 Å². The minimum atomic E-state index is 0.383. The summed E-state index contributed by atoms with van der Waals surface area (Å²) in [4.78, 5) is 0. The van der Waals surface area contributed by atoms with E-state index in [0.29, 0.717) is 47.3 Å². The van der Waals surface area contributed by atoms with Crippen molar-refractivity contribution in [1.29, 1.82) is 0 Å². The van der Waals surface area contributed by atoms with Gasteiger partial charge in [-0.1, -0.05) is 449 Å². The summed E-state index contributed by atoms with van der Waals surface area (Å²) in [6, 6.07) is 122. The van der Waals surface area contributed by atoms with Crippen LogP contribution in [-0.2, 0) is 0 Å². The van der Waals surface area contributed by atoms with Crippen LogP contribution in [0.3, 0.4) is 0 Å². The normalized spacial score (nSPS) is 18.8. The molecule has 119 heavy (non-hydrogen) atoms. The third-order valence-electron chi connectivity index (χ3n) is 26.5. The Balaban J connectivity index is 0.0000000979. The summed E-state index contributed by atoms with van der Waals surface area (Å²) in [6.07, 6.45) is 25.6. The first-order chi connectivity index (χ1) is 58.3. The van der Waals surface area contributed by atoms with E-state index in [1.54, 1.807) is 16.7 Å². The highest BCUT2D eigenvalue weighted by Crippen LogP contribution is 2.51. The zero-order valence-corrected chi connectivity index (χ0v) is 70.7. The molecule has 15 aromatic rings. The van der Waals surface area contributed by atoms with Gasteiger partial charge in [0.25, 0.3) is 0 Å². The van der Waals surface area contributed by atoms with Crippen molar-refractivity contribution in [2.75, 3.05) is 0 Å². The fourth-order valence-electron chi connectivity index (χ4n) is 20.2. The van der Waals surface area contributed by atoms with Crippen LogP contribution in [0.4, 0.5) is 0 Å². The molecule has 0 spiro atoms. The van der Waals surface area contributed by atoms with E-state index in [1.165, 1.54) is 192 Å². The molecule has 7 unspecified atom stereocenters. The van der Waals surface area contributed by atoms with Crippen molar-refractivity contribution in [3.05, 3.63) is 476 Å². The summed E-state index contributed by atoms with van der Waals surface area (Å²) in [5.74, 6) is 5.29. The Hall–Kier alpha value is -12.5. The summed E-state index contributed by atoms with van der Waals surface area (Å²) in [5, 5.41) is 8.20. The van der Waals surface area contributed by atoms with E-state index in [9.17, 15) is 0 Å². The lowest BCUT2D eigenvalue weighted by Crippen LogP contribution is -2.07. The predicted molar refractivity (Wildman–Crippen MR) is 514 cm³/mol. The second kappa shape index (κ2) is 35.8. The second-order valence-corrected chi connectivity index (χ2v) is 34.1. The maximum absolute atomic E-state index is 2.51. The van der Waals surface area contributed by atoms with Gasteiger partial charge in [-0.25, -0.2) is 0 Å². The van der Waals surface area contributed by atoms with Crippen molar-refractivity contribution >= 4 is 67.3 Å². The molecular weight excluding hydrogens is 1430 g/mol. The van der Waals surface area contributed by atoms with E-state index in [-0.39, 0.29) is 0 Å². The smallest absolute Gasteiger partial charge is 0.0352 e. The monoisotopic (exact) mass is 1540 g/mol. The van der Waals surface area contributed by atoms with Gasteiger partial charge in [0.2, 0.25) is 0 Å². The van der Waals surface area contributed by atoms with Gasteiger partial charge in [-0.15, -0.1) is 0 Å². The Morgan fingerprint density at radius 2 is 0.714 bits per heavy atom. The number of fused-ring (bicyclic) bond motifs is 17. The van der Waals surface area contributed by atoms with Gasteiger partial charge in [0.05, 0.1) is 0 Å². The number of hydrogen-bond donors (Lipinski definition) is 0. The lowest BCUT2D eigenvalue weighted by atomic mass is 9.82. The molecule has 0 saturated heterocycles. The van der Waals surface area contributed by atoms with E-state index in [1.807, 2.05) is 0 Å². The van der Waals surface area contributed by atoms with Crippen molar-refractivity contribution in [2.45, 2.75) is 142 Å². The Bertz CT molecular complexity index is 6330. The Labute approximate surface area is 708 Å². The lowest BCUT2D eigenvalue weighted by molar-refractivity contribution is 0.429. The molecule has 9 aliphatic rings. The summed E-state index contributed by atoms with van der Waals surface area (Å²) >= 11 is 0. The summed E-state index contributed by atoms with van der Waals surface area (Å²) in [6.45, 7) is 20.3. The molecule has 0 radical (unpaired) electrons. The first kappa shape index (κ1) is 79.0. The largest absolute Gasteiger partial charge is 0.0767 e. The molecule has 15 aromatic carbocycles. The van der Waals surface area contributed by atoms with Crippen LogP contribution >= 0.6 is 0 Å². The maximum Gasteiger partial charge on any atom is 0.0352 e. The molecule has 0 amide bonds. The van der Waals surface area contributed by atoms with Crippen LogP contribution < -0.4 is 0 Å². The first-order valence-corrected chi connectivity index (χ1v) is 43.8. The van der Waals surface area contributed by atoms with Crippen LogP contribution in [0, 0.1) is 5.92 Å². The first-order valence-electron chi connectivity index (χ1n) is 43.8. The minimum absolute atomic E-state index is 0.383. The van der Waals surface area contributed by atoms with E-state index >= 15 is 0 Å². The third-order valence-corrected chi connectivity index (χ3v) is 26.5. The average Bonchev–Trinajstić information content (AvgIpc) is 1.59. The molecule has 1 saturated carbocycles. The van der Waals surface area contributed by atoms with Gasteiger partial charge in [0, 0.05) is 35.5 Å². The summed E-state index contributed by atoms with van der Waals surface area (Å²) in [5.41, 5.74) is 37.4. The number of rotatable bonds is 3. The van der Waals surface area contributed by atoms with E-state index < -0.39 is 0 Å². The highest BCUT2D eigenvalue weighted by Gasteiger charge is 2.31. The van der Waals surface area contributed by atoms with Crippen LogP contribution in [0.15, 0.2) is 376 Å². The third kappa shape index (κ3) is 16.5. The number of hydrogen-bond acceptors (Lipinski definition) is 0. The second-order valence-electron chi connectivity index (χ2n) is 34.1. The molecule has 0 bridgehead atoms. The number of benzene rings is 15. The molecule has 9 aliphatic carbocycles. The van der Waals surface area contributed by atoms with Gasteiger partial charge in [-0.2, -0.15) is 0 Å². The predicted octanol–water partition coefficient (Wildman–Crippen LogP) is 33.2. The molecule has 7 atom stereocenters. The molecule has 0 heteroatoms. The molecule has 0 aliphatic heterocycles. The standard InChI is InChI=1S/C19H14.C18H14.C16H20.C16H14.C15H14.C14H12.C11H12.C10H10/c1-2-8-14(9-3-1)19-17-12-6-4-10-15(17)16-11-5-7-13-18(16)19;1-12-14-7-4-5-9-16(14)17-11-10-13-6-2-3-8-15(13)18(12)17;2*1-12-11-16(13-7-3-2-4-8-13)15-10-6-5-9-14(12)15;1-10-9-13-8-7-12-5-3-4-6-14(12)15(13)11(10)2;1-10-6-7-13-8-11-4-2-3-5-12(11)9-14(10)13;1-8-7-9(2)11-6-4-3-5-10(8)11;1-8-6-7-9-4-2-3-5-10(8)9/h1-13,19H;2-12H,1H3;5-6,9-13H,2-4,7-8H2,1H3;2-12H,1H3;3-9,11H,1-2H3;2-10H,1H3;3-8H,1-2H3;2-8H,1H3. The summed E-state index contributed by atoms with van der Waals surface area (Å²) in [7, 11) is 0. The van der Waals surface area contributed by atoms with Crippen LogP contribution in [0.1, 0.15) is 242 Å². The highest BCUT2D eigenvalue weighted by molar-refractivity contribution is 5.97. The van der Waals surface area contributed by atoms with Crippen LogP contribution in [0.5, 0.6) is 0 Å². The van der Waals surface area contributed by atoms with Gasteiger partial charge >= 0.3 is 0 Å². The van der Waals surface area contributed by atoms with Crippen molar-refractivity contribution in [3.8, 4) is 22.3 Å². The van der Waals surface area contributed by atoms with Crippen molar-refractivity contribution in [3.63, 3.8) is 0 Å². The average molecular weight is 1540 g/mol. The molecule has 0 aromatic heterocycles. The van der Waals surface area contributed by atoms with Gasteiger partial charge in [-0.05, 0) is 228 Å². The SMILES string of the molecule is CC1=CC(C)c2ccccc21.CC1=Cc2ccc3ccccc3c2C1C.CC1C=C(C2CCCCC2)c2ccccc21.CC1C=C(c2ccccc2)c2ccccc21.CC1C=Cc2cc3ccccc3cc21.CC1C=Cc2ccccc21.CC1c2ccccc2-c2ccc3ccccc3c21.c1ccc(C2c3ccccc3-c3ccccc32)cc1. The minimum Gasteiger partial charge on any atom is -0.0767 e. The molecular formula is C119H110. The number of allylic oxidation sites excluding steroid dienone is 8. The molecule has 24 rings (SSSR count). The Morgan fingerprint density at radius 1 is 0.269 bits per heavy atom. The molecule has 0 heterocycles. The van der Waals surface area contributed by atoms with E-state index in [0.717, 1.165) is 5.92 Å². The van der Waals surface area contributed by atoms with Gasteiger partial charge in [0.1, 0.15) is 0 Å².